The minimum Gasteiger partial charge on any atom is -0.444 e. The Bertz CT molecular complexity index is 1050. The fourth-order valence-electron chi connectivity index (χ4n) is 4.51. The lowest BCUT2D eigenvalue weighted by Gasteiger charge is -2.33. The van der Waals surface area contributed by atoms with Crippen LogP contribution >= 0.6 is 0 Å². The number of aromatic nitrogens is 1. The molecule has 2 aliphatic rings. The van der Waals surface area contributed by atoms with Gasteiger partial charge in [0.2, 0.25) is 5.91 Å². The average Bonchev–Trinajstić information content (AvgIpc) is 3.34. The van der Waals surface area contributed by atoms with Crippen molar-refractivity contribution in [2.45, 2.75) is 39.3 Å². The number of hydrogen-bond acceptors (Lipinski definition) is 6. The highest BCUT2D eigenvalue weighted by Gasteiger charge is 2.36. The van der Waals surface area contributed by atoms with Gasteiger partial charge in [0.1, 0.15) is 17.2 Å². The monoisotopic (exact) mass is 497 g/mol. The highest BCUT2D eigenvalue weighted by Crippen LogP contribution is 2.26. The molecule has 2 amide bonds. The summed E-state index contributed by atoms with van der Waals surface area (Å²) < 4.78 is 19.1. The number of likely N-dealkylation sites (tertiary alicyclic amines) is 1. The molecule has 1 aromatic heterocycles. The largest absolute Gasteiger partial charge is 0.444 e. The molecule has 0 aliphatic carbocycles. The molecule has 0 bridgehead atoms. The molecule has 2 aliphatic heterocycles. The first kappa shape index (κ1) is 25.9. The van der Waals surface area contributed by atoms with Crippen LogP contribution in [0.5, 0.6) is 0 Å². The van der Waals surface area contributed by atoms with E-state index in [2.05, 4.69) is 21.8 Å². The number of nitrogens with zero attached hydrogens (tertiary/aromatic N) is 5. The van der Waals surface area contributed by atoms with Crippen LogP contribution in [-0.4, -0.2) is 78.7 Å². The number of piperazine rings is 1. The van der Waals surface area contributed by atoms with E-state index in [1.54, 1.807) is 28.1 Å². The van der Waals surface area contributed by atoms with Crippen LogP contribution in [0.1, 0.15) is 32.8 Å². The number of benzene rings is 1. The van der Waals surface area contributed by atoms with Crippen LogP contribution in [0.4, 0.5) is 20.7 Å². The SMILES string of the molecule is CN1CCN(c2ccc(CN(C(=O)[C@@H]3CCN(C(=O)OC(C)(C)C)C3)c3ccc(F)cc3)cn2)CC1. The van der Waals surface area contributed by atoms with Gasteiger partial charge in [-0.2, -0.15) is 0 Å². The number of carbonyl (C=O) groups is 2. The van der Waals surface area contributed by atoms with Gasteiger partial charge in [-0.1, -0.05) is 6.07 Å². The summed E-state index contributed by atoms with van der Waals surface area (Å²) in [5, 5.41) is 0. The number of carbonyl (C=O) groups excluding carboxylic acids is 2. The van der Waals surface area contributed by atoms with E-state index in [9.17, 15) is 14.0 Å². The fourth-order valence-corrected chi connectivity index (χ4v) is 4.51. The Kier molecular flexibility index (Phi) is 7.78. The highest BCUT2D eigenvalue weighted by atomic mass is 19.1. The first-order valence-corrected chi connectivity index (χ1v) is 12.5. The number of ether oxygens (including phenoxy) is 1. The van der Waals surface area contributed by atoms with Gasteiger partial charge in [-0.25, -0.2) is 14.2 Å². The normalized spacial score (nSPS) is 18.9. The van der Waals surface area contributed by atoms with Crippen LogP contribution < -0.4 is 9.80 Å². The van der Waals surface area contributed by atoms with E-state index in [4.69, 9.17) is 4.74 Å². The minimum atomic E-state index is -0.595. The zero-order valence-electron chi connectivity index (χ0n) is 21.6. The molecular formula is C27H36FN5O3. The van der Waals surface area contributed by atoms with E-state index in [-0.39, 0.29) is 17.6 Å². The number of amides is 2. The van der Waals surface area contributed by atoms with Crippen LogP contribution in [-0.2, 0) is 16.1 Å². The van der Waals surface area contributed by atoms with Gasteiger partial charge >= 0.3 is 6.09 Å². The van der Waals surface area contributed by atoms with Crippen molar-refractivity contribution >= 4 is 23.5 Å². The predicted molar refractivity (Wildman–Crippen MR) is 137 cm³/mol. The molecule has 8 nitrogen and oxygen atoms in total. The maximum absolute atomic E-state index is 13.7. The quantitative estimate of drug-likeness (QED) is 0.627. The lowest BCUT2D eigenvalue weighted by Crippen LogP contribution is -2.44. The Labute approximate surface area is 212 Å². The molecule has 1 aromatic carbocycles. The summed E-state index contributed by atoms with van der Waals surface area (Å²) in [6, 6.07) is 9.91. The zero-order chi connectivity index (χ0) is 25.9. The third kappa shape index (κ3) is 6.51. The second-order valence-electron chi connectivity index (χ2n) is 10.6. The number of likely N-dealkylation sites (N-methyl/N-ethyl adjacent to an activating group) is 1. The molecule has 9 heteroatoms. The lowest BCUT2D eigenvalue weighted by atomic mass is 10.1. The summed E-state index contributed by atoms with van der Waals surface area (Å²) in [4.78, 5) is 38.6. The highest BCUT2D eigenvalue weighted by molar-refractivity contribution is 5.95. The van der Waals surface area contributed by atoms with Gasteiger partial charge in [0.15, 0.2) is 0 Å². The smallest absolute Gasteiger partial charge is 0.410 e. The zero-order valence-corrected chi connectivity index (χ0v) is 21.6. The van der Waals surface area contributed by atoms with Crippen LogP contribution in [0.25, 0.3) is 0 Å². The Hall–Kier alpha value is -3.20. The third-order valence-electron chi connectivity index (χ3n) is 6.57. The summed E-state index contributed by atoms with van der Waals surface area (Å²) in [6.45, 7) is 10.4. The molecule has 0 radical (unpaired) electrons. The molecule has 0 spiro atoms. The van der Waals surface area contributed by atoms with Crippen molar-refractivity contribution in [2.24, 2.45) is 5.92 Å². The standard InChI is InChI=1S/C27H36FN5O3/c1-27(2,3)36-26(35)32-12-11-21(19-32)25(34)33(23-8-6-22(28)7-9-23)18-20-5-10-24(29-17-20)31-15-13-30(4)14-16-31/h5-10,17,21H,11-16,18-19H2,1-4H3/t21-/m1/s1. The molecule has 0 N–H and O–H groups in total. The van der Waals surface area contributed by atoms with Crippen molar-refractivity contribution in [1.82, 2.24) is 14.8 Å². The molecule has 36 heavy (non-hydrogen) atoms. The predicted octanol–water partition coefficient (Wildman–Crippen LogP) is 3.76. The Morgan fingerprint density at radius 1 is 1.06 bits per heavy atom. The van der Waals surface area contributed by atoms with Crippen molar-refractivity contribution in [1.29, 1.82) is 0 Å². The third-order valence-corrected chi connectivity index (χ3v) is 6.57. The maximum Gasteiger partial charge on any atom is 0.410 e. The second-order valence-corrected chi connectivity index (χ2v) is 10.6. The summed E-state index contributed by atoms with van der Waals surface area (Å²) in [6.07, 6.45) is 1.95. The Morgan fingerprint density at radius 3 is 2.36 bits per heavy atom. The minimum absolute atomic E-state index is 0.101. The van der Waals surface area contributed by atoms with Crippen LogP contribution in [0.3, 0.4) is 0 Å². The van der Waals surface area contributed by atoms with E-state index in [0.717, 1.165) is 37.6 Å². The van der Waals surface area contributed by atoms with E-state index >= 15 is 0 Å². The molecule has 1 atom stereocenters. The maximum atomic E-state index is 13.7. The van der Waals surface area contributed by atoms with E-state index in [1.807, 2.05) is 32.9 Å². The molecule has 194 valence electrons. The molecule has 2 fully saturated rings. The summed E-state index contributed by atoms with van der Waals surface area (Å²) in [7, 11) is 2.12. The summed E-state index contributed by atoms with van der Waals surface area (Å²) >= 11 is 0. The van der Waals surface area contributed by atoms with Gasteiger partial charge in [0, 0.05) is 51.2 Å². The van der Waals surface area contributed by atoms with Gasteiger partial charge in [0.25, 0.3) is 0 Å². The molecule has 0 unspecified atom stereocenters. The van der Waals surface area contributed by atoms with Gasteiger partial charge in [0.05, 0.1) is 12.5 Å². The molecule has 2 aromatic rings. The van der Waals surface area contributed by atoms with Crippen LogP contribution in [0.15, 0.2) is 42.6 Å². The molecule has 4 rings (SSSR count). The number of pyridine rings is 1. The Balaban J connectivity index is 1.48. The van der Waals surface area contributed by atoms with Gasteiger partial charge in [-0.05, 0) is 70.1 Å². The van der Waals surface area contributed by atoms with Crippen molar-refractivity contribution in [3.63, 3.8) is 0 Å². The van der Waals surface area contributed by atoms with Crippen molar-refractivity contribution in [3.05, 3.63) is 54.0 Å². The van der Waals surface area contributed by atoms with Crippen molar-refractivity contribution in [3.8, 4) is 0 Å². The van der Waals surface area contributed by atoms with Crippen LogP contribution in [0.2, 0.25) is 0 Å². The lowest BCUT2D eigenvalue weighted by molar-refractivity contribution is -0.122. The van der Waals surface area contributed by atoms with Crippen molar-refractivity contribution in [2.75, 3.05) is 56.1 Å². The summed E-state index contributed by atoms with van der Waals surface area (Å²) in [5.74, 6) is 0.104. The van der Waals surface area contributed by atoms with E-state index < -0.39 is 11.7 Å². The molecule has 3 heterocycles. The number of halogens is 1. The molecular weight excluding hydrogens is 461 g/mol. The first-order valence-electron chi connectivity index (χ1n) is 12.5. The van der Waals surface area contributed by atoms with E-state index in [0.29, 0.717) is 31.7 Å². The van der Waals surface area contributed by atoms with Gasteiger partial charge in [-0.15, -0.1) is 0 Å². The Morgan fingerprint density at radius 2 is 1.75 bits per heavy atom. The number of rotatable bonds is 5. The number of anilines is 2. The van der Waals surface area contributed by atoms with Gasteiger partial charge in [-0.3, -0.25) is 4.79 Å². The molecule has 0 saturated carbocycles. The topological polar surface area (TPSA) is 69.2 Å². The first-order chi connectivity index (χ1) is 17.1. The number of hydrogen-bond donors (Lipinski definition) is 0. The summed E-state index contributed by atoms with van der Waals surface area (Å²) in [5.41, 5.74) is 0.899. The second kappa shape index (κ2) is 10.8. The fraction of sp³-hybridized carbons (Fsp3) is 0.519. The van der Waals surface area contributed by atoms with E-state index in [1.165, 1.54) is 12.1 Å². The average molecular weight is 498 g/mol. The van der Waals surface area contributed by atoms with Crippen molar-refractivity contribution < 1.29 is 18.7 Å². The van der Waals surface area contributed by atoms with Gasteiger partial charge < -0.3 is 24.3 Å². The van der Waals surface area contributed by atoms with Crippen LogP contribution in [0, 0.1) is 11.7 Å². The molecule has 2 saturated heterocycles.